The molecule has 0 radical (unpaired) electrons. The van der Waals surface area contributed by atoms with Crippen LogP contribution in [-0.4, -0.2) is 9.55 Å². The quantitative estimate of drug-likeness (QED) is 0.862. The zero-order chi connectivity index (χ0) is 12.3. The second-order valence-corrected chi connectivity index (χ2v) is 4.73. The van der Waals surface area contributed by atoms with Crippen LogP contribution in [0.1, 0.15) is 18.4 Å². The minimum atomic E-state index is 0.504. The van der Waals surface area contributed by atoms with Crippen LogP contribution in [-0.2, 0) is 13.2 Å². The van der Waals surface area contributed by atoms with Gasteiger partial charge in [-0.05, 0) is 32.0 Å². The average Bonchev–Trinajstić information content (AvgIpc) is 2.67. The number of aromatic nitrogens is 2. The molecular formula is C13H15BrN2O. The molecule has 0 aliphatic heterocycles. The Kier molecular flexibility index (Phi) is 3.84. The van der Waals surface area contributed by atoms with Crippen molar-refractivity contribution >= 4 is 15.9 Å². The molecule has 3 nitrogen and oxygen atoms in total. The largest absolute Gasteiger partial charge is 0.487 e. The van der Waals surface area contributed by atoms with Crippen LogP contribution in [0, 0.1) is 6.92 Å². The van der Waals surface area contributed by atoms with Crippen molar-refractivity contribution in [2.75, 3.05) is 0 Å². The van der Waals surface area contributed by atoms with Crippen LogP contribution in [0.2, 0.25) is 0 Å². The molecule has 1 aromatic heterocycles. The number of rotatable bonds is 4. The summed E-state index contributed by atoms with van der Waals surface area (Å²) in [5.41, 5.74) is 0.962. The first-order valence-electron chi connectivity index (χ1n) is 5.60. The lowest BCUT2D eigenvalue weighted by molar-refractivity contribution is 0.301. The topological polar surface area (TPSA) is 27.1 Å². The van der Waals surface area contributed by atoms with E-state index in [1.165, 1.54) is 0 Å². The van der Waals surface area contributed by atoms with Gasteiger partial charge in [-0.2, -0.15) is 0 Å². The summed E-state index contributed by atoms with van der Waals surface area (Å²) >= 11 is 3.42. The van der Waals surface area contributed by atoms with Crippen LogP contribution < -0.4 is 4.74 Å². The van der Waals surface area contributed by atoms with Crippen LogP contribution in [0.15, 0.2) is 34.9 Å². The van der Waals surface area contributed by atoms with E-state index >= 15 is 0 Å². The van der Waals surface area contributed by atoms with Crippen molar-refractivity contribution in [2.24, 2.45) is 0 Å². The third kappa shape index (κ3) is 3.09. The normalized spacial score (nSPS) is 10.5. The van der Waals surface area contributed by atoms with Crippen molar-refractivity contribution in [1.29, 1.82) is 0 Å². The van der Waals surface area contributed by atoms with Crippen molar-refractivity contribution < 1.29 is 4.74 Å². The van der Waals surface area contributed by atoms with E-state index in [1.807, 2.05) is 37.4 Å². The molecule has 1 aromatic carbocycles. The molecule has 0 amide bonds. The van der Waals surface area contributed by atoms with E-state index in [-0.39, 0.29) is 0 Å². The number of ether oxygens (including phenoxy) is 1. The smallest absolute Gasteiger partial charge is 0.132 e. The summed E-state index contributed by atoms with van der Waals surface area (Å²) in [7, 11) is 0. The van der Waals surface area contributed by atoms with E-state index < -0.39 is 0 Å². The first-order valence-corrected chi connectivity index (χ1v) is 6.39. The molecule has 0 saturated heterocycles. The Hall–Kier alpha value is -1.29. The number of nitrogens with zero attached hydrogens (tertiary/aromatic N) is 2. The van der Waals surface area contributed by atoms with Crippen molar-refractivity contribution in [3.63, 3.8) is 0 Å². The minimum Gasteiger partial charge on any atom is -0.487 e. The van der Waals surface area contributed by atoms with Gasteiger partial charge < -0.3 is 9.30 Å². The van der Waals surface area contributed by atoms with Crippen LogP contribution in [0.3, 0.4) is 0 Å². The van der Waals surface area contributed by atoms with Gasteiger partial charge >= 0.3 is 0 Å². The average molecular weight is 295 g/mol. The highest BCUT2D eigenvalue weighted by Crippen LogP contribution is 2.18. The molecule has 2 rings (SSSR count). The highest BCUT2D eigenvalue weighted by Gasteiger charge is 2.03. The van der Waals surface area contributed by atoms with Crippen molar-refractivity contribution in [1.82, 2.24) is 9.55 Å². The number of halogens is 1. The molecular weight excluding hydrogens is 280 g/mol. The second kappa shape index (κ2) is 5.36. The van der Waals surface area contributed by atoms with Crippen LogP contribution in [0.4, 0.5) is 0 Å². The molecule has 0 atom stereocenters. The Morgan fingerprint density at radius 1 is 1.41 bits per heavy atom. The lowest BCUT2D eigenvalue weighted by Gasteiger charge is -2.03. The minimum absolute atomic E-state index is 0.504. The maximum Gasteiger partial charge on any atom is 0.132 e. The van der Waals surface area contributed by atoms with Crippen LogP contribution >= 0.6 is 15.9 Å². The number of benzene rings is 1. The van der Waals surface area contributed by atoms with Gasteiger partial charge in [0.15, 0.2) is 0 Å². The summed E-state index contributed by atoms with van der Waals surface area (Å²) < 4.78 is 8.81. The fourth-order valence-corrected chi connectivity index (χ4v) is 2.06. The van der Waals surface area contributed by atoms with Gasteiger partial charge in [0.2, 0.25) is 0 Å². The first-order chi connectivity index (χ1) is 8.19. The standard InChI is InChI=1S/C13H15BrN2O/c1-3-16-8-12(15-10(16)2)9-17-13-6-4-5-11(14)7-13/h4-8H,3,9H2,1-2H3. The fraction of sp³-hybridized carbons (Fsp3) is 0.308. The summed E-state index contributed by atoms with van der Waals surface area (Å²) in [6.45, 7) is 5.56. The summed E-state index contributed by atoms with van der Waals surface area (Å²) in [6, 6.07) is 7.82. The summed E-state index contributed by atoms with van der Waals surface area (Å²) in [5.74, 6) is 1.88. The van der Waals surface area contributed by atoms with E-state index in [0.29, 0.717) is 6.61 Å². The zero-order valence-corrected chi connectivity index (χ0v) is 11.6. The molecule has 1 heterocycles. The Bertz CT molecular complexity index is 508. The molecule has 4 heteroatoms. The van der Waals surface area contributed by atoms with E-state index in [1.54, 1.807) is 0 Å². The molecule has 0 unspecified atom stereocenters. The van der Waals surface area contributed by atoms with E-state index in [0.717, 1.165) is 28.3 Å². The highest BCUT2D eigenvalue weighted by atomic mass is 79.9. The highest BCUT2D eigenvalue weighted by molar-refractivity contribution is 9.10. The van der Waals surface area contributed by atoms with Crippen molar-refractivity contribution in [3.8, 4) is 5.75 Å². The molecule has 0 spiro atoms. The molecule has 0 saturated carbocycles. The summed E-state index contributed by atoms with van der Waals surface area (Å²) in [4.78, 5) is 4.45. The third-order valence-corrected chi connectivity index (χ3v) is 3.04. The van der Waals surface area contributed by atoms with Crippen LogP contribution in [0.5, 0.6) is 5.75 Å². The Morgan fingerprint density at radius 2 is 2.24 bits per heavy atom. The second-order valence-electron chi connectivity index (χ2n) is 3.81. The summed E-state index contributed by atoms with van der Waals surface area (Å²) in [5, 5.41) is 0. The van der Waals surface area contributed by atoms with Gasteiger partial charge in [-0.1, -0.05) is 22.0 Å². The number of aryl methyl sites for hydroxylation is 2. The lowest BCUT2D eigenvalue weighted by Crippen LogP contribution is -1.95. The predicted molar refractivity (Wildman–Crippen MR) is 71.1 cm³/mol. The molecule has 0 N–H and O–H groups in total. The zero-order valence-electron chi connectivity index (χ0n) is 9.98. The van der Waals surface area contributed by atoms with Crippen LogP contribution in [0.25, 0.3) is 0 Å². The monoisotopic (exact) mass is 294 g/mol. The fourth-order valence-electron chi connectivity index (χ4n) is 1.68. The molecule has 0 fully saturated rings. The number of hydrogen-bond acceptors (Lipinski definition) is 2. The molecule has 0 aliphatic rings. The van der Waals surface area contributed by atoms with Crippen molar-refractivity contribution in [3.05, 3.63) is 46.5 Å². The summed E-state index contributed by atoms with van der Waals surface area (Å²) in [6.07, 6.45) is 2.04. The Balaban J connectivity index is 2.02. The lowest BCUT2D eigenvalue weighted by atomic mass is 10.3. The first kappa shape index (κ1) is 12.2. The predicted octanol–water partition coefficient (Wildman–Crippen LogP) is 3.55. The van der Waals surface area contributed by atoms with Gasteiger partial charge in [0, 0.05) is 17.2 Å². The van der Waals surface area contributed by atoms with Gasteiger partial charge in [-0.25, -0.2) is 4.98 Å². The van der Waals surface area contributed by atoms with Crippen molar-refractivity contribution in [2.45, 2.75) is 27.0 Å². The molecule has 2 aromatic rings. The molecule has 17 heavy (non-hydrogen) atoms. The third-order valence-electron chi connectivity index (χ3n) is 2.55. The molecule has 0 aliphatic carbocycles. The van der Waals surface area contributed by atoms with Gasteiger partial charge in [0.05, 0.1) is 5.69 Å². The van der Waals surface area contributed by atoms with Gasteiger partial charge in [-0.15, -0.1) is 0 Å². The Morgan fingerprint density at radius 3 is 2.88 bits per heavy atom. The van der Waals surface area contributed by atoms with E-state index in [2.05, 4.69) is 32.4 Å². The van der Waals surface area contributed by atoms with E-state index in [4.69, 9.17) is 4.74 Å². The SMILES string of the molecule is CCn1cc(COc2cccc(Br)c2)nc1C. The van der Waals surface area contributed by atoms with Gasteiger partial charge in [-0.3, -0.25) is 0 Å². The molecule has 90 valence electrons. The van der Waals surface area contributed by atoms with E-state index in [9.17, 15) is 0 Å². The number of imidazole rings is 1. The Labute approximate surface area is 110 Å². The molecule has 0 bridgehead atoms. The number of hydrogen-bond donors (Lipinski definition) is 0. The van der Waals surface area contributed by atoms with Gasteiger partial charge in [0.1, 0.15) is 18.2 Å². The maximum atomic E-state index is 5.68. The maximum absolute atomic E-state index is 5.68. The van der Waals surface area contributed by atoms with Gasteiger partial charge in [0.25, 0.3) is 0 Å².